The molecule has 1 heterocycles. The molecule has 1 N–H and O–H groups in total. The third kappa shape index (κ3) is 4.79. The molecule has 2 aromatic rings. The molecule has 2 amide bonds. The van der Waals surface area contributed by atoms with Crippen LogP contribution in [0.3, 0.4) is 0 Å². The lowest BCUT2D eigenvalue weighted by Crippen LogP contribution is -2.32. The van der Waals surface area contributed by atoms with E-state index in [2.05, 4.69) is 5.32 Å². The summed E-state index contributed by atoms with van der Waals surface area (Å²) >= 11 is 1.35. The summed E-state index contributed by atoms with van der Waals surface area (Å²) in [6.45, 7) is 4.37. The largest absolute Gasteiger partial charge is 0.465 e. The molecule has 3 rings (SSSR count). The molecule has 1 aliphatic heterocycles. The third-order valence-electron chi connectivity index (χ3n) is 4.57. The van der Waals surface area contributed by atoms with Crippen molar-refractivity contribution in [1.82, 2.24) is 5.32 Å². The fraction of sp³-hybridized carbons (Fsp3) is 0.318. The van der Waals surface area contributed by atoms with Crippen LogP contribution in [0.25, 0.3) is 0 Å². The molecule has 0 saturated carbocycles. The number of nitrogens with zero attached hydrogens (tertiary/aromatic N) is 1. The lowest BCUT2D eigenvalue weighted by Gasteiger charge is -2.19. The van der Waals surface area contributed by atoms with Crippen molar-refractivity contribution in [2.45, 2.75) is 31.2 Å². The Bertz CT molecular complexity index is 942. The van der Waals surface area contributed by atoms with Gasteiger partial charge >= 0.3 is 5.97 Å². The van der Waals surface area contributed by atoms with E-state index >= 15 is 0 Å². The van der Waals surface area contributed by atoms with Crippen molar-refractivity contribution in [2.75, 3.05) is 24.3 Å². The molecule has 0 radical (unpaired) electrons. The number of methoxy groups -OCH3 is 1. The van der Waals surface area contributed by atoms with Gasteiger partial charge in [-0.15, -0.1) is 11.8 Å². The summed E-state index contributed by atoms with van der Waals surface area (Å²) in [5.74, 6) is -0.309. The minimum Gasteiger partial charge on any atom is -0.465 e. The molecule has 0 unspecified atom stereocenters. The van der Waals surface area contributed by atoms with Crippen LogP contribution in [0.1, 0.15) is 40.1 Å². The van der Waals surface area contributed by atoms with E-state index in [4.69, 9.17) is 4.74 Å². The molecule has 0 aromatic heterocycles. The van der Waals surface area contributed by atoms with Gasteiger partial charge in [0.15, 0.2) is 0 Å². The highest BCUT2D eigenvalue weighted by atomic mass is 32.2. The molecule has 2 aromatic carbocycles. The second-order valence-corrected chi connectivity index (χ2v) is 8.07. The predicted octanol–water partition coefficient (Wildman–Crippen LogP) is 3.29. The number of benzene rings is 2. The van der Waals surface area contributed by atoms with Crippen LogP contribution in [0.2, 0.25) is 0 Å². The summed E-state index contributed by atoms with van der Waals surface area (Å²) < 4.78 is 4.77. The van der Waals surface area contributed by atoms with Gasteiger partial charge in [0.1, 0.15) is 0 Å². The molecule has 0 fully saturated rings. The zero-order chi connectivity index (χ0) is 21.0. The Morgan fingerprint density at radius 3 is 2.66 bits per heavy atom. The van der Waals surface area contributed by atoms with Crippen LogP contribution in [0.4, 0.5) is 5.69 Å². The number of esters is 1. The monoisotopic (exact) mass is 412 g/mol. The first kappa shape index (κ1) is 20.9. The maximum absolute atomic E-state index is 13.2. The van der Waals surface area contributed by atoms with Crippen LogP contribution in [0.5, 0.6) is 0 Å². The molecule has 6 nitrogen and oxygen atoms in total. The Kier molecular flexibility index (Phi) is 6.59. The van der Waals surface area contributed by atoms with Gasteiger partial charge in [-0.05, 0) is 56.2 Å². The van der Waals surface area contributed by atoms with Gasteiger partial charge in [-0.3, -0.25) is 9.59 Å². The maximum atomic E-state index is 13.2. The number of anilines is 1. The molecule has 0 aliphatic carbocycles. The highest BCUT2D eigenvalue weighted by Crippen LogP contribution is 2.32. The SMILES string of the molecule is COC(=O)c1ccc2c(c1)CCN2C(=O)c1ccccc1SCC(=O)NC(C)C. The third-order valence-corrected chi connectivity index (χ3v) is 5.64. The number of thioether (sulfide) groups is 1. The Hall–Kier alpha value is -2.80. The first-order chi connectivity index (χ1) is 13.9. The standard InChI is InChI=1S/C22H24N2O4S/c1-14(2)23-20(25)13-29-19-7-5-4-6-17(19)21(26)24-11-10-15-12-16(22(27)28-3)8-9-18(15)24/h4-9,12,14H,10-11,13H2,1-3H3,(H,23,25). The van der Waals surface area contributed by atoms with Crippen LogP contribution in [-0.2, 0) is 16.0 Å². The van der Waals surface area contributed by atoms with Crippen LogP contribution < -0.4 is 10.2 Å². The first-order valence-corrected chi connectivity index (χ1v) is 10.4. The van der Waals surface area contributed by atoms with Crippen LogP contribution in [0, 0.1) is 0 Å². The molecule has 29 heavy (non-hydrogen) atoms. The van der Waals surface area contributed by atoms with Crippen LogP contribution in [-0.4, -0.2) is 43.2 Å². The smallest absolute Gasteiger partial charge is 0.337 e. The van der Waals surface area contributed by atoms with E-state index < -0.39 is 0 Å². The minimum atomic E-state index is -0.390. The Balaban J connectivity index is 1.79. The number of carbonyl (C=O) groups excluding carboxylic acids is 3. The van der Waals surface area contributed by atoms with E-state index in [1.165, 1.54) is 18.9 Å². The van der Waals surface area contributed by atoms with Crippen molar-refractivity contribution in [3.05, 3.63) is 59.2 Å². The van der Waals surface area contributed by atoms with E-state index in [1.807, 2.05) is 32.0 Å². The van der Waals surface area contributed by atoms with E-state index in [0.717, 1.165) is 16.1 Å². The average molecular weight is 413 g/mol. The topological polar surface area (TPSA) is 75.7 Å². The van der Waals surface area contributed by atoms with Gasteiger partial charge in [0, 0.05) is 23.2 Å². The van der Waals surface area contributed by atoms with E-state index in [1.54, 1.807) is 29.2 Å². The van der Waals surface area contributed by atoms with E-state index in [-0.39, 0.29) is 29.6 Å². The van der Waals surface area contributed by atoms with Gasteiger partial charge in [0.25, 0.3) is 5.91 Å². The normalized spacial score (nSPS) is 12.6. The van der Waals surface area contributed by atoms with Crippen molar-refractivity contribution >= 4 is 35.2 Å². The Morgan fingerprint density at radius 1 is 1.17 bits per heavy atom. The average Bonchev–Trinajstić information content (AvgIpc) is 3.14. The van der Waals surface area contributed by atoms with Gasteiger partial charge in [-0.2, -0.15) is 0 Å². The number of amides is 2. The van der Waals surface area contributed by atoms with Crippen molar-refractivity contribution in [2.24, 2.45) is 0 Å². The molecule has 152 valence electrons. The second kappa shape index (κ2) is 9.13. The van der Waals surface area contributed by atoms with Crippen molar-refractivity contribution in [3.63, 3.8) is 0 Å². The molecule has 7 heteroatoms. The Labute approximate surface area is 174 Å². The highest BCUT2D eigenvalue weighted by molar-refractivity contribution is 8.00. The molecule has 1 aliphatic rings. The van der Waals surface area contributed by atoms with Gasteiger partial charge in [0.05, 0.1) is 24.0 Å². The predicted molar refractivity (Wildman–Crippen MR) is 114 cm³/mol. The van der Waals surface area contributed by atoms with E-state index in [0.29, 0.717) is 24.1 Å². The molecular formula is C22H24N2O4S. The number of fused-ring (bicyclic) bond motifs is 1. The lowest BCUT2D eigenvalue weighted by molar-refractivity contribution is -0.119. The number of carbonyl (C=O) groups is 3. The summed E-state index contributed by atoms with van der Waals surface area (Å²) in [4.78, 5) is 39.5. The molecule has 0 bridgehead atoms. The van der Waals surface area contributed by atoms with E-state index in [9.17, 15) is 14.4 Å². The number of rotatable bonds is 6. The summed E-state index contributed by atoms with van der Waals surface area (Å²) in [6, 6.07) is 12.7. The number of hydrogen-bond acceptors (Lipinski definition) is 5. The number of ether oxygens (including phenoxy) is 1. The number of hydrogen-bond donors (Lipinski definition) is 1. The van der Waals surface area contributed by atoms with Crippen molar-refractivity contribution < 1.29 is 19.1 Å². The zero-order valence-corrected chi connectivity index (χ0v) is 17.5. The molecule has 0 spiro atoms. The zero-order valence-electron chi connectivity index (χ0n) is 16.7. The maximum Gasteiger partial charge on any atom is 0.337 e. The van der Waals surface area contributed by atoms with Crippen LogP contribution >= 0.6 is 11.8 Å². The summed E-state index contributed by atoms with van der Waals surface area (Å²) in [5.41, 5.74) is 2.80. The van der Waals surface area contributed by atoms with Gasteiger partial charge in [-0.1, -0.05) is 12.1 Å². The first-order valence-electron chi connectivity index (χ1n) is 9.45. The fourth-order valence-electron chi connectivity index (χ4n) is 3.28. The fourth-order valence-corrected chi connectivity index (χ4v) is 4.13. The number of nitrogens with one attached hydrogen (secondary N) is 1. The molecule has 0 atom stereocenters. The quantitative estimate of drug-likeness (QED) is 0.582. The lowest BCUT2D eigenvalue weighted by atomic mass is 10.1. The van der Waals surface area contributed by atoms with Gasteiger partial charge < -0.3 is 15.0 Å². The highest BCUT2D eigenvalue weighted by Gasteiger charge is 2.28. The summed E-state index contributed by atoms with van der Waals surface area (Å²) in [5, 5.41) is 2.86. The summed E-state index contributed by atoms with van der Waals surface area (Å²) in [6.07, 6.45) is 0.679. The minimum absolute atomic E-state index is 0.0610. The molecular weight excluding hydrogens is 388 g/mol. The Morgan fingerprint density at radius 2 is 1.93 bits per heavy atom. The van der Waals surface area contributed by atoms with Gasteiger partial charge in [-0.25, -0.2) is 4.79 Å². The van der Waals surface area contributed by atoms with Crippen molar-refractivity contribution in [3.8, 4) is 0 Å². The summed E-state index contributed by atoms with van der Waals surface area (Å²) in [7, 11) is 1.35. The van der Waals surface area contributed by atoms with Crippen LogP contribution in [0.15, 0.2) is 47.4 Å². The molecule has 0 saturated heterocycles. The second-order valence-electron chi connectivity index (χ2n) is 7.05. The van der Waals surface area contributed by atoms with Gasteiger partial charge in [0.2, 0.25) is 5.91 Å². The van der Waals surface area contributed by atoms with Crippen molar-refractivity contribution in [1.29, 1.82) is 0 Å².